The summed E-state index contributed by atoms with van der Waals surface area (Å²) < 4.78 is 25.1. The van der Waals surface area contributed by atoms with Crippen LogP contribution in [0.4, 0.5) is 10.1 Å². The Morgan fingerprint density at radius 3 is 2.50 bits per heavy atom. The fraction of sp³-hybridized carbons (Fsp3) is 0.679. The lowest BCUT2D eigenvalue weighted by molar-refractivity contribution is -0.139. The summed E-state index contributed by atoms with van der Waals surface area (Å²) in [5.41, 5.74) is 1.54. The number of carbonyl (C=O) groups is 3. The maximum Gasteiger partial charge on any atom is 0.251 e. The molecule has 0 bridgehead atoms. The summed E-state index contributed by atoms with van der Waals surface area (Å²) in [4.78, 5) is 45.4. The van der Waals surface area contributed by atoms with Gasteiger partial charge in [-0.2, -0.15) is 0 Å². The highest BCUT2D eigenvalue weighted by molar-refractivity contribution is 5.99. The number of nitrogens with zero attached hydrogens (tertiary/aromatic N) is 3. The zero-order chi connectivity index (χ0) is 26.6. The van der Waals surface area contributed by atoms with E-state index in [0.717, 1.165) is 77.1 Å². The van der Waals surface area contributed by atoms with Gasteiger partial charge in [-0.15, -0.1) is 0 Å². The van der Waals surface area contributed by atoms with Gasteiger partial charge in [-0.25, -0.2) is 4.39 Å². The Balaban J connectivity index is 1.25. The van der Waals surface area contributed by atoms with Gasteiger partial charge in [0.2, 0.25) is 5.91 Å². The number of anilines is 1. The van der Waals surface area contributed by atoms with Gasteiger partial charge in [-0.3, -0.25) is 19.3 Å². The van der Waals surface area contributed by atoms with E-state index in [1.165, 1.54) is 4.90 Å². The third-order valence-electron chi connectivity index (χ3n) is 8.56. The maximum atomic E-state index is 14.6. The minimum atomic E-state index is -1.40. The molecule has 38 heavy (non-hydrogen) atoms. The molecule has 10 heteroatoms. The first-order valence-electron chi connectivity index (χ1n) is 13.9. The lowest BCUT2D eigenvalue weighted by Gasteiger charge is -2.36. The molecule has 0 spiro atoms. The molecule has 0 aromatic heterocycles. The number of halogens is 1. The molecule has 1 N–H and O–H groups in total. The Morgan fingerprint density at radius 1 is 1.11 bits per heavy atom. The molecule has 3 aliphatic heterocycles. The third-order valence-corrected chi connectivity index (χ3v) is 8.56. The summed E-state index contributed by atoms with van der Waals surface area (Å²) >= 11 is 0. The SMILES string of the molecule is COCCN1CCN(c2ccc(C(=O)N[C@H](C(=O)N3C[C@H](F)[C@H]4OCC(=O)[C@H]43)C3CCCCC3)cc2)CC1. The first kappa shape index (κ1) is 27.0. The van der Waals surface area contributed by atoms with E-state index in [0.29, 0.717) is 5.56 Å². The Hall–Kier alpha value is -2.56. The highest BCUT2D eigenvalue weighted by atomic mass is 19.1. The average Bonchev–Trinajstić information content (AvgIpc) is 3.51. The molecule has 3 heterocycles. The van der Waals surface area contributed by atoms with Crippen LogP contribution >= 0.6 is 0 Å². The normalized spacial score (nSPS) is 27.4. The van der Waals surface area contributed by atoms with Crippen molar-refractivity contribution in [1.29, 1.82) is 0 Å². The maximum absolute atomic E-state index is 14.6. The van der Waals surface area contributed by atoms with Crippen LogP contribution in [0.2, 0.25) is 0 Å². The molecule has 1 saturated carbocycles. The van der Waals surface area contributed by atoms with E-state index >= 15 is 0 Å². The summed E-state index contributed by atoms with van der Waals surface area (Å²) in [7, 11) is 1.72. The molecule has 2 amide bonds. The Bertz CT molecular complexity index is 993. The second-order valence-corrected chi connectivity index (χ2v) is 10.9. The number of ether oxygens (including phenoxy) is 2. The van der Waals surface area contributed by atoms with Crippen molar-refractivity contribution < 1.29 is 28.2 Å². The number of piperazine rings is 1. The molecule has 0 unspecified atom stereocenters. The average molecular weight is 531 g/mol. The van der Waals surface area contributed by atoms with Crippen molar-refractivity contribution in [3.63, 3.8) is 0 Å². The summed E-state index contributed by atoms with van der Waals surface area (Å²) in [6.07, 6.45) is 2.40. The summed E-state index contributed by atoms with van der Waals surface area (Å²) in [5, 5.41) is 2.98. The van der Waals surface area contributed by atoms with E-state index in [9.17, 15) is 18.8 Å². The lowest BCUT2D eigenvalue weighted by atomic mass is 9.83. The smallest absolute Gasteiger partial charge is 0.251 e. The minimum Gasteiger partial charge on any atom is -0.383 e. The van der Waals surface area contributed by atoms with Crippen molar-refractivity contribution in [3.05, 3.63) is 29.8 Å². The van der Waals surface area contributed by atoms with Crippen molar-refractivity contribution in [1.82, 2.24) is 15.1 Å². The van der Waals surface area contributed by atoms with E-state index in [4.69, 9.17) is 9.47 Å². The molecule has 0 radical (unpaired) electrons. The van der Waals surface area contributed by atoms with Crippen LogP contribution in [0.3, 0.4) is 0 Å². The zero-order valence-electron chi connectivity index (χ0n) is 22.1. The number of likely N-dealkylation sites (tertiary alicyclic amines) is 1. The minimum absolute atomic E-state index is 0.0385. The van der Waals surface area contributed by atoms with Gasteiger partial charge in [0, 0.05) is 51.1 Å². The first-order chi connectivity index (χ1) is 18.5. The van der Waals surface area contributed by atoms with Gasteiger partial charge in [0.25, 0.3) is 5.91 Å². The number of Topliss-reactive ketones (excluding diaryl/α,β-unsaturated/α-hetero) is 1. The van der Waals surface area contributed by atoms with Gasteiger partial charge < -0.3 is 24.6 Å². The monoisotopic (exact) mass is 530 g/mol. The molecule has 5 rings (SSSR count). The van der Waals surface area contributed by atoms with Crippen LogP contribution in [-0.4, -0.2) is 111 Å². The van der Waals surface area contributed by atoms with Crippen LogP contribution in [0, 0.1) is 5.92 Å². The van der Waals surface area contributed by atoms with Crippen LogP contribution < -0.4 is 10.2 Å². The van der Waals surface area contributed by atoms with Crippen LogP contribution in [0.5, 0.6) is 0 Å². The number of hydrogen-bond acceptors (Lipinski definition) is 7. The second-order valence-electron chi connectivity index (χ2n) is 10.9. The third kappa shape index (κ3) is 5.72. The second kappa shape index (κ2) is 12.1. The fourth-order valence-electron chi connectivity index (χ4n) is 6.35. The molecule has 1 aliphatic carbocycles. The van der Waals surface area contributed by atoms with Crippen LogP contribution in [0.15, 0.2) is 24.3 Å². The molecular formula is C28H39FN4O5. The van der Waals surface area contributed by atoms with Crippen molar-refractivity contribution in [2.45, 2.75) is 56.5 Å². The number of rotatable bonds is 8. The van der Waals surface area contributed by atoms with E-state index in [1.807, 2.05) is 12.1 Å². The zero-order valence-corrected chi connectivity index (χ0v) is 22.1. The molecule has 208 valence electrons. The summed E-state index contributed by atoms with van der Waals surface area (Å²) in [6, 6.07) is 5.80. The van der Waals surface area contributed by atoms with Gasteiger partial charge in [-0.1, -0.05) is 19.3 Å². The number of amides is 2. The van der Waals surface area contributed by atoms with Crippen molar-refractivity contribution in [3.8, 4) is 0 Å². The summed E-state index contributed by atoms with van der Waals surface area (Å²) in [6.45, 7) is 5.04. The van der Waals surface area contributed by atoms with Gasteiger partial charge in [0.05, 0.1) is 13.2 Å². The van der Waals surface area contributed by atoms with Gasteiger partial charge in [-0.05, 0) is 43.0 Å². The highest BCUT2D eigenvalue weighted by Gasteiger charge is 2.54. The van der Waals surface area contributed by atoms with Gasteiger partial charge >= 0.3 is 0 Å². The van der Waals surface area contributed by atoms with Gasteiger partial charge in [0.15, 0.2) is 5.78 Å². The number of hydrogen-bond donors (Lipinski definition) is 1. The summed E-state index contributed by atoms with van der Waals surface area (Å²) in [5.74, 6) is -1.01. The molecule has 1 aromatic rings. The number of alkyl halides is 1. The molecule has 4 aliphatic rings. The number of ketones is 1. The Morgan fingerprint density at radius 2 is 1.82 bits per heavy atom. The van der Waals surface area contributed by atoms with E-state index in [1.54, 1.807) is 19.2 Å². The van der Waals surface area contributed by atoms with Gasteiger partial charge in [0.1, 0.15) is 31.0 Å². The molecule has 1 aromatic carbocycles. The van der Waals surface area contributed by atoms with Crippen LogP contribution in [-0.2, 0) is 19.1 Å². The van der Waals surface area contributed by atoms with Crippen molar-refractivity contribution in [2.75, 3.05) is 64.5 Å². The quantitative estimate of drug-likeness (QED) is 0.547. The topological polar surface area (TPSA) is 91.4 Å². The molecular weight excluding hydrogens is 491 g/mol. The van der Waals surface area contributed by atoms with Crippen molar-refractivity contribution >= 4 is 23.3 Å². The molecule has 4 fully saturated rings. The highest BCUT2D eigenvalue weighted by Crippen LogP contribution is 2.33. The first-order valence-corrected chi connectivity index (χ1v) is 13.9. The van der Waals surface area contributed by atoms with Crippen molar-refractivity contribution in [2.24, 2.45) is 5.92 Å². The Kier molecular flexibility index (Phi) is 8.60. The lowest BCUT2D eigenvalue weighted by Crippen LogP contribution is -2.55. The largest absolute Gasteiger partial charge is 0.383 e. The standard InChI is InChI=1S/C28H39FN4O5/c1-37-16-15-31-11-13-32(14-12-31)21-9-7-20(8-10-21)27(35)30-24(19-5-3-2-4-6-19)28(36)33-17-22(29)26-25(33)23(34)18-38-26/h7-10,19,22,24-26H,2-6,11-18H2,1H3,(H,30,35)/t22-,24-,25+,26+/m0/s1. The number of carbonyl (C=O) groups excluding carboxylic acids is 3. The number of nitrogens with one attached hydrogen (secondary N) is 1. The van der Waals surface area contributed by atoms with E-state index in [-0.39, 0.29) is 36.7 Å². The fourth-order valence-corrected chi connectivity index (χ4v) is 6.35. The Labute approximate surface area is 223 Å². The predicted molar refractivity (Wildman–Crippen MR) is 140 cm³/mol. The number of benzene rings is 1. The van der Waals surface area contributed by atoms with E-state index < -0.39 is 24.4 Å². The number of fused-ring (bicyclic) bond motifs is 1. The predicted octanol–water partition coefficient (Wildman–Crippen LogP) is 1.65. The van der Waals surface area contributed by atoms with Crippen LogP contribution in [0.1, 0.15) is 42.5 Å². The van der Waals surface area contributed by atoms with E-state index in [2.05, 4.69) is 15.1 Å². The van der Waals surface area contributed by atoms with Crippen LogP contribution in [0.25, 0.3) is 0 Å². The molecule has 3 saturated heterocycles. The molecule has 4 atom stereocenters. The number of methoxy groups -OCH3 is 1. The molecule has 9 nitrogen and oxygen atoms in total.